The SMILES string of the molecule is CN(C)C(=O)[C@H]1[C@@H]2C=CC(=O)[C@@H]21. The summed E-state index contributed by atoms with van der Waals surface area (Å²) >= 11 is 0. The predicted octanol–water partition coefficient (Wildman–Crippen LogP) is 0.0757. The highest BCUT2D eigenvalue weighted by molar-refractivity contribution is 6.03. The lowest BCUT2D eigenvalue weighted by atomic mass is 10.2. The highest BCUT2D eigenvalue weighted by Gasteiger charge is 2.59. The minimum atomic E-state index is -0.0440. The molecule has 0 aromatic heterocycles. The number of carbonyl (C=O) groups excluding carboxylic acids is 2. The second kappa shape index (κ2) is 2.19. The van der Waals surface area contributed by atoms with Gasteiger partial charge in [0.05, 0.1) is 5.92 Å². The van der Waals surface area contributed by atoms with Gasteiger partial charge < -0.3 is 4.90 Å². The zero-order chi connectivity index (χ0) is 8.88. The fraction of sp³-hybridized carbons (Fsp3) is 0.556. The van der Waals surface area contributed by atoms with Crippen LogP contribution >= 0.6 is 0 Å². The Bertz CT molecular complexity index is 280. The third-order valence-electron chi connectivity index (χ3n) is 2.61. The Morgan fingerprint density at radius 2 is 2.17 bits per heavy atom. The van der Waals surface area contributed by atoms with Crippen LogP contribution in [-0.2, 0) is 9.59 Å². The van der Waals surface area contributed by atoms with Gasteiger partial charge in [0.2, 0.25) is 5.91 Å². The summed E-state index contributed by atoms with van der Waals surface area (Å²) < 4.78 is 0. The average Bonchev–Trinajstić information content (AvgIpc) is 2.62. The van der Waals surface area contributed by atoms with Crippen molar-refractivity contribution in [1.82, 2.24) is 4.90 Å². The first-order chi connectivity index (χ1) is 5.63. The molecule has 0 aromatic carbocycles. The van der Waals surface area contributed by atoms with E-state index in [4.69, 9.17) is 0 Å². The number of amides is 1. The molecule has 64 valence electrons. The Morgan fingerprint density at radius 1 is 1.50 bits per heavy atom. The minimum absolute atomic E-state index is 0.0140. The zero-order valence-electron chi connectivity index (χ0n) is 7.15. The number of allylic oxidation sites excluding steroid dienone is 2. The molecule has 0 bridgehead atoms. The molecule has 0 unspecified atom stereocenters. The van der Waals surface area contributed by atoms with E-state index < -0.39 is 0 Å². The predicted molar refractivity (Wildman–Crippen MR) is 43.3 cm³/mol. The third kappa shape index (κ3) is 0.823. The molecule has 0 N–H and O–H groups in total. The molecule has 0 spiro atoms. The number of ketones is 1. The maximum Gasteiger partial charge on any atom is 0.226 e. The number of hydrogen-bond acceptors (Lipinski definition) is 2. The summed E-state index contributed by atoms with van der Waals surface area (Å²) in [7, 11) is 3.45. The topological polar surface area (TPSA) is 37.4 Å². The second-order valence-electron chi connectivity index (χ2n) is 3.62. The van der Waals surface area contributed by atoms with Crippen LogP contribution in [-0.4, -0.2) is 30.7 Å². The molecule has 1 saturated carbocycles. The molecule has 2 rings (SSSR count). The number of nitrogens with zero attached hydrogens (tertiary/aromatic N) is 1. The van der Waals surface area contributed by atoms with Crippen LogP contribution in [0.4, 0.5) is 0 Å². The van der Waals surface area contributed by atoms with E-state index in [0.29, 0.717) is 0 Å². The van der Waals surface area contributed by atoms with E-state index in [1.54, 1.807) is 25.1 Å². The van der Waals surface area contributed by atoms with E-state index in [2.05, 4.69) is 0 Å². The molecule has 1 fully saturated rings. The van der Waals surface area contributed by atoms with Crippen molar-refractivity contribution >= 4 is 11.7 Å². The maximum atomic E-state index is 11.4. The Kier molecular flexibility index (Phi) is 1.37. The lowest BCUT2D eigenvalue weighted by Crippen LogP contribution is -2.25. The molecule has 3 heteroatoms. The van der Waals surface area contributed by atoms with Gasteiger partial charge in [0.25, 0.3) is 0 Å². The van der Waals surface area contributed by atoms with Crippen LogP contribution in [0.25, 0.3) is 0 Å². The standard InChI is InChI=1S/C9H11NO2/c1-10(2)9(12)8-5-3-4-6(11)7(5)8/h3-5,7-8H,1-2H3/t5-,7-,8+/m1/s1. The van der Waals surface area contributed by atoms with Crippen molar-refractivity contribution in [2.45, 2.75) is 0 Å². The van der Waals surface area contributed by atoms with E-state index in [-0.39, 0.29) is 29.4 Å². The van der Waals surface area contributed by atoms with Crippen molar-refractivity contribution in [3.8, 4) is 0 Å². The van der Waals surface area contributed by atoms with E-state index in [1.807, 2.05) is 6.08 Å². The molecular formula is C9H11NO2. The molecule has 2 aliphatic carbocycles. The molecule has 2 aliphatic rings. The monoisotopic (exact) mass is 165 g/mol. The van der Waals surface area contributed by atoms with Gasteiger partial charge >= 0.3 is 0 Å². The minimum Gasteiger partial charge on any atom is -0.349 e. The van der Waals surface area contributed by atoms with E-state index in [1.165, 1.54) is 0 Å². The first-order valence-electron chi connectivity index (χ1n) is 4.06. The molecule has 3 nitrogen and oxygen atoms in total. The van der Waals surface area contributed by atoms with Crippen molar-refractivity contribution in [1.29, 1.82) is 0 Å². The highest BCUT2D eigenvalue weighted by Crippen LogP contribution is 2.52. The number of hydrogen-bond donors (Lipinski definition) is 0. The molecule has 0 radical (unpaired) electrons. The smallest absolute Gasteiger partial charge is 0.226 e. The van der Waals surface area contributed by atoms with Crippen LogP contribution < -0.4 is 0 Å². The summed E-state index contributed by atoms with van der Waals surface area (Å²) in [6.07, 6.45) is 3.45. The normalized spacial score (nSPS) is 36.5. The van der Waals surface area contributed by atoms with Crippen molar-refractivity contribution in [2.75, 3.05) is 14.1 Å². The third-order valence-corrected chi connectivity index (χ3v) is 2.61. The number of rotatable bonds is 1. The van der Waals surface area contributed by atoms with Crippen LogP contribution in [0.2, 0.25) is 0 Å². The molecule has 0 heterocycles. The van der Waals surface area contributed by atoms with Crippen LogP contribution in [0.15, 0.2) is 12.2 Å². The average molecular weight is 165 g/mol. The van der Waals surface area contributed by atoms with E-state index in [9.17, 15) is 9.59 Å². The lowest BCUT2D eigenvalue weighted by molar-refractivity contribution is -0.131. The van der Waals surface area contributed by atoms with Gasteiger partial charge in [0.15, 0.2) is 5.78 Å². The largest absolute Gasteiger partial charge is 0.349 e. The molecule has 1 amide bonds. The van der Waals surface area contributed by atoms with Crippen LogP contribution in [0, 0.1) is 17.8 Å². The Labute approximate surface area is 71.0 Å². The lowest BCUT2D eigenvalue weighted by Gasteiger charge is -2.09. The first-order valence-corrected chi connectivity index (χ1v) is 4.06. The van der Waals surface area contributed by atoms with Crippen molar-refractivity contribution < 1.29 is 9.59 Å². The Hall–Kier alpha value is -1.12. The quantitative estimate of drug-likeness (QED) is 0.551. The molecule has 3 atom stereocenters. The summed E-state index contributed by atoms with van der Waals surface area (Å²) in [5.41, 5.74) is 0. The molecule has 0 aromatic rings. The summed E-state index contributed by atoms with van der Waals surface area (Å²) in [6.45, 7) is 0. The maximum absolute atomic E-state index is 11.4. The van der Waals surface area contributed by atoms with Gasteiger partial charge in [-0.25, -0.2) is 0 Å². The summed E-state index contributed by atoms with van der Waals surface area (Å²) in [6, 6.07) is 0. The van der Waals surface area contributed by atoms with Gasteiger partial charge in [-0.2, -0.15) is 0 Å². The van der Waals surface area contributed by atoms with Crippen molar-refractivity contribution in [3.05, 3.63) is 12.2 Å². The number of fused-ring (bicyclic) bond motifs is 1. The van der Waals surface area contributed by atoms with Gasteiger partial charge in [-0.1, -0.05) is 6.08 Å². The van der Waals surface area contributed by atoms with Gasteiger partial charge in [-0.3, -0.25) is 9.59 Å². The molecule has 12 heavy (non-hydrogen) atoms. The van der Waals surface area contributed by atoms with Crippen LogP contribution in [0.5, 0.6) is 0 Å². The summed E-state index contributed by atoms with van der Waals surface area (Å²) in [4.78, 5) is 24.1. The van der Waals surface area contributed by atoms with Crippen molar-refractivity contribution in [2.24, 2.45) is 17.8 Å². The summed E-state index contributed by atoms with van der Waals surface area (Å²) in [5, 5.41) is 0. The first kappa shape index (κ1) is 7.53. The second-order valence-corrected chi connectivity index (χ2v) is 3.62. The fourth-order valence-electron chi connectivity index (χ4n) is 1.87. The number of carbonyl (C=O) groups is 2. The Balaban J connectivity index is 2.09. The fourth-order valence-corrected chi connectivity index (χ4v) is 1.87. The highest BCUT2D eigenvalue weighted by atomic mass is 16.2. The zero-order valence-corrected chi connectivity index (χ0v) is 7.15. The van der Waals surface area contributed by atoms with E-state index >= 15 is 0 Å². The Morgan fingerprint density at radius 3 is 2.58 bits per heavy atom. The van der Waals surface area contributed by atoms with Gasteiger partial charge in [-0.05, 0) is 6.08 Å². The van der Waals surface area contributed by atoms with Crippen molar-refractivity contribution in [3.63, 3.8) is 0 Å². The van der Waals surface area contributed by atoms with Crippen LogP contribution in [0.1, 0.15) is 0 Å². The van der Waals surface area contributed by atoms with Gasteiger partial charge in [0, 0.05) is 25.9 Å². The molecule has 0 saturated heterocycles. The molecular weight excluding hydrogens is 154 g/mol. The van der Waals surface area contributed by atoms with Gasteiger partial charge in [0.1, 0.15) is 0 Å². The van der Waals surface area contributed by atoms with Crippen LogP contribution in [0.3, 0.4) is 0 Å². The molecule has 0 aliphatic heterocycles. The summed E-state index contributed by atoms with van der Waals surface area (Å²) in [5.74, 6) is 0.368. The van der Waals surface area contributed by atoms with E-state index in [0.717, 1.165) is 0 Å². The van der Waals surface area contributed by atoms with Gasteiger partial charge in [-0.15, -0.1) is 0 Å².